The Kier molecular flexibility index (Phi) is 18.5. The maximum atomic E-state index is 12.5. The Labute approximate surface area is 266 Å². The van der Waals surface area contributed by atoms with Crippen LogP contribution in [0.4, 0.5) is 0 Å². The molecule has 0 saturated carbocycles. The summed E-state index contributed by atoms with van der Waals surface area (Å²) in [5.74, 6) is 2.33. The van der Waals surface area contributed by atoms with E-state index in [1.807, 2.05) is 24.3 Å². The van der Waals surface area contributed by atoms with Crippen LogP contribution < -0.4 is 0 Å². The van der Waals surface area contributed by atoms with E-state index in [-0.39, 0.29) is 23.8 Å². The molecule has 0 amide bonds. The normalized spacial score (nSPS) is 24.9. The molecule has 0 aromatic heterocycles. The van der Waals surface area contributed by atoms with Gasteiger partial charge in [-0.2, -0.15) is 17.3 Å². The largest absolute Gasteiger partial charge is 0.791 e. The number of halogens is 1. The molecule has 3 aliphatic heterocycles. The molecule has 0 aliphatic carbocycles. The second-order valence-corrected chi connectivity index (χ2v) is 11.5. The van der Waals surface area contributed by atoms with Gasteiger partial charge >= 0.3 is 28.3 Å². The van der Waals surface area contributed by atoms with E-state index in [4.69, 9.17) is 62.5 Å². The van der Waals surface area contributed by atoms with Gasteiger partial charge in [0.05, 0.1) is 26.2 Å². The van der Waals surface area contributed by atoms with E-state index < -0.39 is 0 Å². The van der Waals surface area contributed by atoms with E-state index in [2.05, 4.69) is 14.7 Å². The summed E-state index contributed by atoms with van der Waals surface area (Å²) in [5, 5.41) is 0.727. The Hall–Kier alpha value is 0.319. The van der Waals surface area contributed by atoms with Crippen molar-refractivity contribution in [3.63, 3.8) is 0 Å². The Morgan fingerprint density at radius 3 is 2.23 bits per heavy atom. The minimum Gasteiger partial charge on any atom is -0.791 e. The van der Waals surface area contributed by atoms with Crippen LogP contribution in [0.5, 0.6) is 0 Å². The molecule has 1 aromatic carbocycles. The van der Waals surface area contributed by atoms with Crippen molar-refractivity contribution in [1.29, 1.82) is 0 Å². The fourth-order valence-electron chi connectivity index (χ4n) is 5.98. The van der Waals surface area contributed by atoms with Crippen LogP contribution in [-0.4, -0.2) is 116 Å². The van der Waals surface area contributed by atoms with Gasteiger partial charge < -0.3 is 52.3 Å². The van der Waals surface area contributed by atoms with Crippen LogP contribution in [0.15, 0.2) is 24.3 Å². The van der Waals surface area contributed by atoms with Crippen LogP contribution in [-0.2, 0) is 74.5 Å². The number of fused-ring (bicyclic) bond motifs is 2. The summed E-state index contributed by atoms with van der Waals surface area (Å²) in [5.41, 5.74) is 1.19. The second kappa shape index (κ2) is 20.3. The van der Waals surface area contributed by atoms with Crippen LogP contribution in [0.1, 0.15) is 30.7 Å². The number of rotatable bonds is 11. The van der Waals surface area contributed by atoms with E-state index in [0.29, 0.717) is 11.8 Å². The summed E-state index contributed by atoms with van der Waals surface area (Å²) >= 11 is 22.1. The number of morpholine rings is 1. The Bertz CT molecular complexity index is 820. The van der Waals surface area contributed by atoms with Gasteiger partial charge in [0.25, 0.3) is 0 Å². The monoisotopic (exact) mass is 701 g/mol. The SMILES string of the molecule is COC(=O)[C@@H]1C2CCC(C[C@@H]1c1ccc(Cl)cc1)N2CC[S-].[O]=[99Tc+4].[S-]CCN(CC[S-])CCN1CCOCC1. The summed E-state index contributed by atoms with van der Waals surface area (Å²) in [4.78, 5) is 19.7. The zero-order valence-corrected chi connectivity index (χ0v) is 27.7. The molecular weight excluding hydrogens is 661 g/mol. The quantitative estimate of drug-likeness (QED) is 0.254. The van der Waals surface area contributed by atoms with Crippen LogP contribution >= 0.6 is 11.6 Å². The first-order chi connectivity index (χ1) is 19.0. The molecule has 219 valence electrons. The topological polar surface area (TPSA) is 62.3 Å². The standard InChI is InChI=1S/C17H22ClNO2S.C10H22N2OS2.O.Tc/c1-21-17(20)16-14(11-2-4-12(18)5-3-11)10-13-6-7-15(16)19(13)8-9-22;14-9-5-12(6-10-15)2-1-11-3-7-13-8-4-11;;/h2-5,13-16,22H,6-10H2,1H3;14-15H,1-10H2;;/q;;;+4/p-3/t13?,14-,15?,16+;;;/m1.../s1/i;;;1+1. The molecule has 3 saturated heterocycles. The van der Waals surface area contributed by atoms with Gasteiger partial charge in [-0.1, -0.05) is 23.7 Å². The Balaban J connectivity index is 0.000000275. The van der Waals surface area contributed by atoms with Crippen molar-refractivity contribution < 1.29 is 36.6 Å². The van der Waals surface area contributed by atoms with Crippen molar-refractivity contribution in [2.75, 3.05) is 83.4 Å². The van der Waals surface area contributed by atoms with Crippen molar-refractivity contribution in [2.24, 2.45) is 5.92 Å². The number of piperidine rings is 1. The van der Waals surface area contributed by atoms with Crippen molar-refractivity contribution in [3.05, 3.63) is 34.9 Å². The van der Waals surface area contributed by atoms with Crippen molar-refractivity contribution >= 4 is 55.5 Å². The Morgan fingerprint density at radius 1 is 1.03 bits per heavy atom. The van der Waals surface area contributed by atoms with E-state index in [1.54, 1.807) is 0 Å². The molecule has 0 spiro atoms. The third-order valence-electron chi connectivity index (χ3n) is 7.84. The number of nitrogens with zero attached hydrogens (tertiary/aromatic N) is 3. The van der Waals surface area contributed by atoms with Crippen LogP contribution in [0.3, 0.4) is 0 Å². The molecular formula is C27H41ClN3O4S3Tc+. The van der Waals surface area contributed by atoms with Gasteiger partial charge in [-0.15, -0.1) is 0 Å². The van der Waals surface area contributed by atoms with Gasteiger partial charge in [-0.3, -0.25) is 14.6 Å². The number of esters is 1. The molecule has 4 rings (SSSR count). The summed E-state index contributed by atoms with van der Waals surface area (Å²) in [6.07, 6.45) is 3.20. The van der Waals surface area contributed by atoms with E-state index in [1.165, 1.54) is 12.7 Å². The molecule has 4 atom stereocenters. The minimum absolute atomic E-state index is 0.0975. The number of benzene rings is 1. The number of ether oxygens (including phenoxy) is 2. The second-order valence-electron chi connectivity index (χ2n) is 9.89. The van der Waals surface area contributed by atoms with Crippen LogP contribution in [0.25, 0.3) is 0 Å². The van der Waals surface area contributed by atoms with E-state index in [9.17, 15) is 4.79 Å². The first-order valence-electron chi connectivity index (χ1n) is 13.5. The number of hydrogen-bond donors (Lipinski definition) is 0. The van der Waals surface area contributed by atoms with Gasteiger partial charge in [0.15, 0.2) is 0 Å². The molecule has 3 fully saturated rings. The minimum atomic E-state index is -0.105. The average Bonchev–Trinajstić information content (AvgIpc) is 3.24. The Morgan fingerprint density at radius 2 is 1.67 bits per heavy atom. The molecule has 2 bridgehead atoms. The first kappa shape index (κ1) is 35.5. The van der Waals surface area contributed by atoms with Gasteiger partial charge in [-0.05, 0) is 56.6 Å². The van der Waals surface area contributed by atoms with E-state index >= 15 is 0 Å². The van der Waals surface area contributed by atoms with Gasteiger partial charge in [0, 0.05) is 49.2 Å². The summed E-state index contributed by atoms with van der Waals surface area (Å²) in [6.45, 7) is 8.98. The predicted octanol–water partition coefficient (Wildman–Crippen LogP) is 2.59. The molecule has 3 heterocycles. The molecule has 39 heavy (non-hydrogen) atoms. The number of hydrogen-bond acceptors (Lipinski definition) is 10. The van der Waals surface area contributed by atoms with Crippen molar-refractivity contribution in [3.8, 4) is 0 Å². The molecule has 3 aliphatic rings. The average molecular weight is 702 g/mol. The van der Waals surface area contributed by atoms with Crippen molar-refractivity contribution in [2.45, 2.75) is 37.3 Å². The molecule has 1 aromatic rings. The third kappa shape index (κ3) is 11.2. The van der Waals surface area contributed by atoms with Crippen molar-refractivity contribution in [1.82, 2.24) is 14.7 Å². The van der Waals surface area contributed by atoms with Crippen LogP contribution in [0.2, 0.25) is 5.02 Å². The number of carbonyl (C=O) groups excluding carboxylic acids is 1. The first-order valence-corrected chi connectivity index (χ1v) is 16.4. The summed E-state index contributed by atoms with van der Waals surface area (Å²) in [7, 11) is 1.49. The zero-order valence-electron chi connectivity index (χ0n) is 22.7. The maximum absolute atomic E-state index is 12.5. The van der Waals surface area contributed by atoms with E-state index in [0.717, 1.165) is 114 Å². The predicted molar refractivity (Wildman–Crippen MR) is 159 cm³/mol. The maximum Gasteiger partial charge on any atom is 0.0594 e. The summed E-state index contributed by atoms with van der Waals surface area (Å²) < 4.78 is 18.7. The number of methoxy groups -OCH3 is 1. The number of carbonyl (C=O) groups is 1. The van der Waals surface area contributed by atoms with Gasteiger partial charge in [0.1, 0.15) is 0 Å². The fraction of sp³-hybridized carbons (Fsp3) is 0.741. The van der Waals surface area contributed by atoms with Gasteiger partial charge in [-0.25, -0.2) is 0 Å². The van der Waals surface area contributed by atoms with Gasteiger partial charge in [0.2, 0.25) is 0 Å². The zero-order chi connectivity index (χ0) is 28.6. The molecule has 0 N–H and O–H groups in total. The smallest absolute Gasteiger partial charge is 0.0594 e. The van der Waals surface area contributed by atoms with Crippen LogP contribution in [0, 0.1) is 5.92 Å². The molecule has 7 nitrogen and oxygen atoms in total. The third-order valence-corrected chi connectivity index (χ3v) is 8.64. The molecule has 0 radical (unpaired) electrons. The molecule has 12 heteroatoms. The summed E-state index contributed by atoms with van der Waals surface area (Å²) in [6, 6.07) is 8.70. The molecule has 2 unspecified atom stereocenters. The fourth-order valence-corrected chi connectivity index (χ4v) is 6.83.